The van der Waals surface area contributed by atoms with Crippen LogP contribution in [-0.2, 0) is 4.74 Å². The first-order valence-electron chi connectivity index (χ1n) is 5.46. The van der Waals surface area contributed by atoms with Crippen molar-refractivity contribution in [3.05, 3.63) is 0 Å². The Kier molecular flexibility index (Phi) is 2.61. The Labute approximate surface area is 80.3 Å². The van der Waals surface area contributed by atoms with Crippen LogP contribution < -0.4 is 0 Å². The van der Waals surface area contributed by atoms with Crippen LogP contribution in [0.15, 0.2) is 0 Å². The number of ether oxygens (including phenoxy) is 1. The fourth-order valence-electron chi connectivity index (χ4n) is 2.98. The Bertz CT molecular complexity index is 177. The average Bonchev–Trinajstić information content (AvgIpc) is 2.58. The van der Waals surface area contributed by atoms with Gasteiger partial charge in [0.15, 0.2) is 0 Å². The molecule has 0 spiro atoms. The quantitative estimate of drug-likeness (QED) is 0.725. The summed E-state index contributed by atoms with van der Waals surface area (Å²) in [6.45, 7) is 4.66. The summed E-state index contributed by atoms with van der Waals surface area (Å²) in [6.07, 6.45) is 4.09. The normalized spacial score (nSPS) is 45.5. The molecule has 0 saturated heterocycles. The largest absolute Gasteiger partial charge is 0.391 e. The van der Waals surface area contributed by atoms with Crippen molar-refractivity contribution in [3.63, 3.8) is 0 Å². The Morgan fingerprint density at radius 2 is 2.08 bits per heavy atom. The summed E-state index contributed by atoms with van der Waals surface area (Å²) in [5, 5.41) is 9.11. The van der Waals surface area contributed by atoms with Gasteiger partial charge in [-0.25, -0.2) is 0 Å². The average molecular weight is 184 g/mol. The van der Waals surface area contributed by atoms with E-state index in [0.29, 0.717) is 12.7 Å². The van der Waals surface area contributed by atoms with Gasteiger partial charge in [0, 0.05) is 0 Å². The molecule has 0 aliphatic heterocycles. The maximum Gasteiger partial charge on any atom is 0.0745 e. The van der Waals surface area contributed by atoms with Gasteiger partial charge in [-0.05, 0) is 43.9 Å². The number of hydrogen-bond acceptors (Lipinski definition) is 2. The number of aliphatic hydroxyl groups is 1. The van der Waals surface area contributed by atoms with Gasteiger partial charge in [-0.15, -0.1) is 0 Å². The van der Waals surface area contributed by atoms with Crippen LogP contribution in [0.4, 0.5) is 0 Å². The van der Waals surface area contributed by atoms with Crippen LogP contribution in [0.5, 0.6) is 0 Å². The molecule has 2 aliphatic carbocycles. The maximum atomic E-state index is 9.11. The molecule has 0 aromatic carbocycles. The highest BCUT2D eigenvalue weighted by molar-refractivity contribution is 4.94. The fourth-order valence-corrected chi connectivity index (χ4v) is 2.98. The molecule has 2 heteroatoms. The molecule has 0 amide bonds. The summed E-state index contributed by atoms with van der Waals surface area (Å²) in [6, 6.07) is 0. The van der Waals surface area contributed by atoms with E-state index in [0.717, 1.165) is 17.8 Å². The lowest BCUT2D eigenvalue weighted by atomic mass is 9.89. The van der Waals surface area contributed by atoms with Gasteiger partial charge < -0.3 is 9.84 Å². The zero-order chi connectivity index (χ0) is 9.42. The molecule has 5 atom stereocenters. The second kappa shape index (κ2) is 3.58. The van der Waals surface area contributed by atoms with Gasteiger partial charge in [0.1, 0.15) is 0 Å². The molecule has 2 saturated carbocycles. The molecule has 76 valence electrons. The smallest absolute Gasteiger partial charge is 0.0745 e. The van der Waals surface area contributed by atoms with Crippen LogP contribution in [0.1, 0.15) is 33.1 Å². The Morgan fingerprint density at radius 1 is 1.31 bits per heavy atom. The van der Waals surface area contributed by atoms with Crippen molar-refractivity contribution in [2.45, 2.75) is 45.3 Å². The van der Waals surface area contributed by atoms with Crippen LogP contribution in [-0.4, -0.2) is 23.9 Å². The second-order valence-corrected chi connectivity index (χ2v) is 4.93. The van der Waals surface area contributed by atoms with E-state index in [1.54, 1.807) is 6.92 Å². The molecule has 2 fully saturated rings. The molecule has 0 aromatic heterocycles. The Morgan fingerprint density at radius 3 is 2.54 bits per heavy atom. The van der Waals surface area contributed by atoms with Crippen molar-refractivity contribution in [1.82, 2.24) is 0 Å². The molecule has 13 heavy (non-hydrogen) atoms. The molecular formula is C11H20O2. The van der Waals surface area contributed by atoms with Crippen LogP contribution in [0, 0.1) is 17.8 Å². The van der Waals surface area contributed by atoms with Gasteiger partial charge in [-0.3, -0.25) is 0 Å². The zero-order valence-corrected chi connectivity index (χ0v) is 8.57. The topological polar surface area (TPSA) is 29.5 Å². The highest BCUT2D eigenvalue weighted by atomic mass is 16.5. The number of hydrogen-bond donors (Lipinski definition) is 1. The summed E-state index contributed by atoms with van der Waals surface area (Å²) in [5.74, 6) is 2.61. The number of rotatable bonds is 3. The van der Waals surface area contributed by atoms with Crippen LogP contribution >= 0.6 is 0 Å². The molecule has 1 unspecified atom stereocenters. The lowest BCUT2D eigenvalue weighted by Crippen LogP contribution is -2.26. The third kappa shape index (κ3) is 1.89. The minimum Gasteiger partial charge on any atom is -0.391 e. The highest BCUT2D eigenvalue weighted by Crippen LogP contribution is 2.49. The van der Waals surface area contributed by atoms with Crippen molar-refractivity contribution in [2.75, 3.05) is 6.61 Å². The Balaban J connectivity index is 1.79. The lowest BCUT2D eigenvalue weighted by Gasteiger charge is -2.26. The minimum atomic E-state index is -0.309. The molecule has 0 heterocycles. The van der Waals surface area contributed by atoms with E-state index in [1.807, 2.05) is 0 Å². The molecule has 1 N–H and O–H groups in total. The number of aliphatic hydroxyl groups excluding tert-OH is 1. The summed E-state index contributed by atoms with van der Waals surface area (Å²) in [4.78, 5) is 0. The van der Waals surface area contributed by atoms with Crippen molar-refractivity contribution >= 4 is 0 Å². The van der Waals surface area contributed by atoms with Crippen molar-refractivity contribution < 1.29 is 9.84 Å². The maximum absolute atomic E-state index is 9.11. The van der Waals surface area contributed by atoms with E-state index < -0.39 is 0 Å². The van der Waals surface area contributed by atoms with E-state index in [2.05, 4.69) is 6.92 Å². The van der Waals surface area contributed by atoms with Gasteiger partial charge >= 0.3 is 0 Å². The summed E-state index contributed by atoms with van der Waals surface area (Å²) in [5.41, 5.74) is 0. The van der Waals surface area contributed by atoms with Gasteiger partial charge in [0.25, 0.3) is 0 Å². The van der Waals surface area contributed by atoms with Crippen LogP contribution in [0.3, 0.4) is 0 Å². The summed E-state index contributed by atoms with van der Waals surface area (Å²) >= 11 is 0. The first-order valence-corrected chi connectivity index (χ1v) is 5.46. The molecule has 0 aromatic rings. The van der Waals surface area contributed by atoms with Crippen LogP contribution in [0.25, 0.3) is 0 Å². The van der Waals surface area contributed by atoms with E-state index >= 15 is 0 Å². The summed E-state index contributed by atoms with van der Waals surface area (Å²) in [7, 11) is 0. The standard InChI is InChI=1S/C11H20O2/c1-7-3-10-4-9(7)5-11(10)13-6-8(2)12/h7-12H,3-6H2,1-2H3/t7-,8?,9+,10-,11-/m1/s1. The van der Waals surface area contributed by atoms with Crippen molar-refractivity contribution in [1.29, 1.82) is 0 Å². The molecule has 2 nitrogen and oxygen atoms in total. The molecule has 2 aliphatic rings. The monoisotopic (exact) mass is 184 g/mol. The van der Waals surface area contributed by atoms with Crippen LogP contribution in [0.2, 0.25) is 0 Å². The van der Waals surface area contributed by atoms with Gasteiger partial charge in [0.05, 0.1) is 18.8 Å². The highest BCUT2D eigenvalue weighted by Gasteiger charge is 2.44. The van der Waals surface area contributed by atoms with Gasteiger partial charge in [-0.2, -0.15) is 0 Å². The predicted molar refractivity (Wildman–Crippen MR) is 51.4 cm³/mol. The van der Waals surface area contributed by atoms with E-state index in [9.17, 15) is 0 Å². The molecular weight excluding hydrogens is 164 g/mol. The molecule has 2 rings (SSSR count). The van der Waals surface area contributed by atoms with E-state index in [4.69, 9.17) is 9.84 Å². The molecule has 0 radical (unpaired) electrons. The van der Waals surface area contributed by atoms with Gasteiger partial charge in [-0.1, -0.05) is 6.92 Å². The van der Waals surface area contributed by atoms with E-state index in [1.165, 1.54) is 19.3 Å². The van der Waals surface area contributed by atoms with E-state index in [-0.39, 0.29) is 6.10 Å². The fraction of sp³-hybridized carbons (Fsp3) is 1.00. The third-order valence-electron chi connectivity index (χ3n) is 3.70. The summed E-state index contributed by atoms with van der Waals surface area (Å²) < 4.78 is 5.70. The predicted octanol–water partition coefficient (Wildman–Crippen LogP) is 1.82. The Hall–Kier alpha value is -0.0800. The first kappa shape index (κ1) is 9.47. The SMILES string of the molecule is CC(O)CO[C@@H]1C[C@@H]2C[C@H]1C[C@H]2C. The van der Waals surface area contributed by atoms with Crippen molar-refractivity contribution in [3.8, 4) is 0 Å². The zero-order valence-electron chi connectivity index (χ0n) is 8.57. The first-order chi connectivity index (χ1) is 6.16. The number of fused-ring (bicyclic) bond motifs is 2. The van der Waals surface area contributed by atoms with Crippen molar-refractivity contribution in [2.24, 2.45) is 17.8 Å². The second-order valence-electron chi connectivity index (χ2n) is 4.93. The van der Waals surface area contributed by atoms with Gasteiger partial charge in [0.2, 0.25) is 0 Å². The molecule has 2 bridgehead atoms. The minimum absolute atomic E-state index is 0.309. The third-order valence-corrected chi connectivity index (χ3v) is 3.70. The lowest BCUT2D eigenvalue weighted by molar-refractivity contribution is -0.0309.